The summed E-state index contributed by atoms with van der Waals surface area (Å²) in [5.41, 5.74) is 1.84. The summed E-state index contributed by atoms with van der Waals surface area (Å²) in [4.78, 5) is 13.9. The molecule has 2 aliphatic rings. The molecule has 1 atom stereocenters. The van der Waals surface area contributed by atoms with E-state index in [0.29, 0.717) is 19.7 Å². The summed E-state index contributed by atoms with van der Waals surface area (Å²) in [6.45, 7) is 2.54. The summed E-state index contributed by atoms with van der Waals surface area (Å²) < 4.78 is 5.68. The first-order valence-electron chi connectivity index (χ1n) is 8.11. The largest absolute Gasteiger partial charge is 0.391 e. The standard InChI is InChI=1S/C17H24N2O3/c20-16-5-2-8-19(10-16)17(21)18-15-4-1-3-14(9-15)12-22-11-13-6-7-13/h1,3-4,9,13,16,20H,2,5-8,10-12H2,(H,18,21). The summed E-state index contributed by atoms with van der Waals surface area (Å²) in [5.74, 6) is 0.758. The van der Waals surface area contributed by atoms with E-state index in [1.165, 1.54) is 12.8 Å². The Hall–Kier alpha value is -1.59. The van der Waals surface area contributed by atoms with Crippen LogP contribution < -0.4 is 5.32 Å². The van der Waals surface area contributed by atoms with Crippen molar-refractivity contribution < 1.29 is 14.6 Å². The molecule has 0 aromatic heterocycles. The predicted molar refractivity (Wildman–Crippen MR) is 84.7 cm³/mol. The number of aliphatic hydroxyl groups is 1. The van der Waals surface area contributed by atoms with Gasteiger partial charge in [0.25, 0.3) is 0 Å². The molecule has 120 valence electrons. The first kappa shape index (κ1) is 15.3. The van der Waals surface area contributed by atoms with E-state index in [4.69, 9.17) is 4.74 Å². The minimum Gasteiger partial charge on any atom is -0.391 e. The lowest BCUT2D eigenvalue weighted by molar-refractivity contribution is 0.0883. The predicted octanol–water partition coefficient (Wildman–Crippen LogP) is 2.60. The van der Waals surface area contributed by atoms with Crippen LogP contribution in [-0.2, 0) is 11.3 Å². The Morgan fingerprint density at radius 1 is 1.36 bits per heavy atom. The highest BCUT2D eigenvalue weighted by molar-refractivity contribution is 5.89. The van der Waals surface area contributed by atoms with Crippen LogP contribution in [0, 0.1) is 5.92 Å². The Morgan fingerprint density at radius 2 is 2.23 bits per heavy atom. The Labute approximate surface area is 131 Å². The lowest BCUT2D eigenvalue weighted by Crippen LogP contribution is -2.44. The van der Waals surface area contributed by atoms with Crippen LogP contribution >= 0.6 is 0 Å². The highest BCUT2D eigenvalue weighted by atomic mass is 16.5. The van der Waals surface area contributed by atoms with E-state index in [1.54, 1.807) is 4.90 Å². The van der Waals surface area contributed by atoms with Crippen molar-refractivity contribution in [2.75, 3.05) is 25.0 Å². The molecule has 5 nitrogen and oxygen atoms in total. The molecule has 1 aromatic rings. The van der Waals surface area contributed by atoms with E-state index in [9.17, 15) is 9.90 Å². The Morgan fingerprint density at radius 3 is 3.00 bits per heavy atom. The van der Waals surface area contributed by atoms with Crippen LogP contribution in [0.15, 0.2) is 24.3 Å². The van der Waals surface area contributed by atoms with Crippen LogP contribution in [-0.4, -0.2) is 41.8 Å². The molecule has 1 saturated carbocycles. The zero-order valence-corrected chi connectivity index (χ0v) is 12.8. The number of nitrogens with one attached hydrogen (secondary N) is 1. The van der Waals surface area contributed by atoms with Gasteiger partial charge in [-0.1, -0.05) is 12.1 Å². The van der Waals surface area contributed by atoms with Crippen molar-refractivity contribution in [1.82, 2.24) is 4.90 Å². The molecule has 2 fully saturated rings. The second kappa shape index (κ2) is 7.11. The fourth-order valence-electron chi connectivity index (χ4n) is 2.71. The normalized spacial score (nSPS) is 21.7. The lowest BCUT2D eigenvalue weighted by Gasteiger charge is -2.30. The van der Waals surface area contributed by atoms with Crippen LogP contribution in [0.2, 0.25) is 0 Å². The number of likely N-dealkylation sites (tertiary alicyclic amines) is 1. The van der Waals surface area contributed by atoms with Crippen molar-refractivity contribution in [2.45, 2.75) is 38.4 Å². The van der Waals surface area contributed by atoms with Crippen LogP contribution in [0.4, 0.5) is 10.5 Å². The minimum atomic E-state index is -0.401. The maximum absolute atomic E-state index is 12.2. The molecule has 0 bridgehead atoms. The number of piperidine rings is 1. The van der Waals surface area contributed by atoms with Crippen LogP contribution in [0.3, 0.4) is 0 Å². The highest BCUT2D eigenvalue weighted by Crippen LogP contribution is 2.29. The Balaban J connectivity index is 1.51. The number of benzene rings is 1. The van der Waals surface area contributed by atoms with Crippen LogP contribution in [0.25, 0.3) is 0 Å². The third-order valence-electron chi connectivity index (χ3n) is 4.18. The van der Waals surface area contributed by atoms with Gasteiger partial charge in [-0.2, -0.15) is 0 Å². The maximum Gasteiger partial charge on any atom is 0.321 e. The fraction of sp³-hybridized carbons (Fsp3) is 0.588. The van der Waals surface area contributed by atoms with E-state index in [1.807, 2.05) is 24.3 Å². The molecule has 1 aromatic carbocycles. The number of urea groups is 1. The number of anilines is 1. The quantitative estimate of drug-likeness (QED) is 0.879. The molecule has 1 unspecified atom stereocenters. The van der Waals surface area contributed by atoms with Gasteiger partial charge in [-0.05, 0) is 49.3 Å². The summed E-state index contributed by atoms with van der Waals surface area (Å²) >= 11 is 0. The van der Waals surface area contributed by atoms with Crippen molar-refractivity contribution >= 4 is 11.7 Å². The van der Waals surface area contributed by atoms with Gasteiger partial charge >= 0.3 is 6.03 Å². The van der Waals surface area contributed by atoms with Gasteiger partial charge in [0, 0.05) is 25.4 Å². The smallest absolute Gasteiger partial charge is 0.321 e. The number of hydrogen-bond acceptors (Lipinski definition) is 3. The van der Waals surface area contributed by atoms with E-state index in [2.05, 4.69) is 5.32 Å². The lowest BCUT2D eigenvalue weighted by atomic mass is 10.1. The highest BCUT2D eigenvalue weighted by Gasteiger charge is 2.22. The van der Waals surface area contributed by atoms with Crippen molar-refractivity contribution in [3.05, 3.63) is 29.8 Å². The number of rotatable bonds is 5. The first-order valence-corrected chi connectivity index (χ1v) is 8.11. The molecule has 3 rings (SSSR count). The van der Waals surface area contributed by atoms with Gasteiger partial charge in [0.05, 0.1) is 12.7 Å². The van der Waals surface area contributed by atoms with E-state index >= 15 is 0 Å². The SMILES string of the molecule is O=C(Nc1cccc(COCC2CC2)c1)N1CCCC(O)C1. The number of carbonyl (C=O) groups is 1. The Bertz CT molecular complexity index is 516. The van der Waals surface area contributed by atoms with Gasteiger partial charge in [-0.3, -0.25) is 0 Å². The Kier molecular flexibility index (Phi) is 4.95. The molecule has 2 amide bonds. The molecular weight excluding hydrogens is 280 g/mol. The van der Waals surface area contributed by atoms with Gasteiger partial charge in [0.2, 0.25) is 0 Å². The van der Waals surface area contributed by atoms with Gasteiger partial charge in [-0.15, -0.1) is 0 Å². The summed E-state index contributed by atoms with van der Waals surface area (Å²) in [7, 11) is 0. The van der Waals surface area contributed by atoms with E-state index in [-0.39, 0.29) is 6.03 Å². The second-order valence-corrected chi connectivity index (χ2v) is 6.33. The second-order valence-electron chi connectivity index (χ2n) is 6.33. The van der Waals surface area contributed by atoms with Gasteiger partial charge in [-0.25, -0.2) is 4.79 Å². The summed E-state index contributed by atoms with van der Waals surface area (Å²) in [5, 5.41) is 12.6. The molecule has 5 heteroatoms. The monoisotopic (exact) mass is 304 g/mol. The summed E-state index contributed by atoms with van der Waals surface area (Å²) in [6, 6.07) is 7.62. The summed E-state index contributed by atoms with van der Waals surface area (Å²) in [6.07, 6.45) is 3.80. The van der Waals surface area contributed by atoms with E-state index < -0.39 is 6.10 Å². The molecule has 0 spiro atoms. The maximum atomic E-state index is 12.2. The van der Waals surface area contributed by atoms with Crippen molar-refractivity contribution in [3.8, 4) is 0 Å². The zero-order chi connectivity index (χ0) is 15.4. The molecule has 2 N–H and O–H groups in total. The fourth-order valence-corrected chi connectivity index (χ4v) is 2.71. The van der Waals surface area contributed by atoms with Crippen LogP contribution in [0.1, 0.15) is 31.2 Å². The molecule has 1 aliphatic heterocycles. The van der Waals surface area contributed by atoms with Gasteiger partial charge < -0.3 is 20.1 Å². The average Bonchev–Trinajstić information content (AvgIpc) is 3.32. The number of carbonyl (C=O) groups excluding carboxylic acids is 1. The minimum absolute atomic E-state index is 0.144. The van der Waals surface area contributed by atoms with Crippen molar-refractivity contribution in [3.63, 3.8) is 0 Å². The van der Waals surface area contributed by atoms with Crippen molar-refractivity contribution in [1.29, 1.82) is 0 Å². The third kappa shape index (κ3) is 4.45. The topological polar surface area (TPSA) is 61.8 Å². The molecular formula is C17H24N2O3. The first-order chi connectivity index (χ1) is 10.7. The third-order valence-corrected chi connectivity index (χ3v) is 4.18. The van der Waals surface area contributed by atoms with Crippen LogP contribution in [0.5, 0.6) is 0 Å². The molecule has 1 aliphatic carbocycles. The van der Waals surface area contributed by atoms with Gasteiger partial charge in [0.15, 0.2) is 0 Å². The molecule has 1 heterocycles. The van der Waals surface area contributed by atoms with Crippen molar-refractivity contribution in [2.24, 2.45) is 5.92 Å². The molecule has 0 radical (unpaired) electrons. The number of β-amino-alcohol motifs (C(OH)–C–C–N with tert-alkyl or cyclic N) is 1. The number of hydrogen-bond donors (Lipinski definition) is 2. The number of amides is 2. The zero-order valence-electron chi connectivity index (χ0n) is 12.8. The number of ether oxygens (including phenoxy) is 1. The number of aliphatic hydroxyl groups excluding tert-OH is 1. The number of nitrogens with zero attached hydrogens (tertiary/aromatic N) is 1. The van der Waals surface area contributed by atoms with Gasteiger partial charge in [0.1, 0.15) is 0 Å². The molecule has 1 saturated heterocycles. The molecule has 22 heavy (non-hydrogen) atoms. The van der Waals surface area contributed by atoms with E-state index in [0.717, 1.165) is 36.6 Å². The average molecular weight is 304 g/mol.